The van der Waals surface area contributed by atoms with Crippen LogP contribution in [-0.2, 0) is 9.53 Å². The molecule has 5 rings (SSSR count). The molecule has 2 atom stereocenters. The molecular weight excluding hydrogens is 428 g/mol. The number of hydrogen-bond acceptors (Lipinski definition) is 5. The zero-order valence-corrected chi connectivity index (χ0v) is 19.3. The van der Waals surface area contributed by atoms with Crippen molar-refractivity contribution in [2.24, 2.45) is 5.92 Å². The van der Waals surface area contributed by atoms with Crippen molar-refractivity contribution < 1.29 is 9.53 Å². The Kier molecular flexibility index (Phi) is 6.25. The average Bonchev–Trinajstić information content (AvgIpc) is 3.25. The van der Waals surface area contributed by atoms with E-state index < -0.39 is 0 Å². The lowest BCUT2D eigenvalue weighted by Gasteiger charge is -2.31. The maximum atomic E-state index is 13.0. The SMILES string of the molecule is CCOC(=O)C[C@H]1CCCC[C@@H]1n1nc(-c2c(-c3ccccc3)nn3ccccc23)ccc1=O. The Balaban J connectivity index is 1.61. The van der Waals surface area contributed by atoms with Crippen LogP contribution in [0.15, 0.2) is 71.7 Å². The van der Waals surface area contributed by atoms with Gasteiger partial charge in [0.05, 0.1) is 35.8 Å². The Bertz CT molecular complexity index is 1360. The number of esters is 1. The summed E-state index contributed by atoms with van der Waals surface area (Å²) in [5.41, 5.74) is 4.15. The van der Waals surface area contributed by atoms with Gasteiger partial charge in [-0.1, -0.05) is 49.2 Å². The van der Waals surface area contributed by atoms with Gasteiger partial charge in [-0.15, -0.1) is 0 Å². The van der Waals surface area contributed by atoms with Crippen LogP contribution in [0, 0.1) is 5.92 Å². The van der Waals surface area contributed by atoms with Crippen LogP contribution in [0.2, 0.25) is 0 Å². The minimum absolute atomic E-state index is 0.0331. The molecule has 0 aliphatic heterocycles. The highest BCUT2D eigenvalue weighted by Crippen LogP contribution is 2.37. The van der Waals surface area contributed by atoms with Gasteiger partial charge < -0.3 is 4.74 Å². The lowest BCUT2D eigenvalue weighted by Crippen LogP contribution is -2.34. The molecule has 3 aromatic heterocycles. The Hall–Kier alpha value is -3.74. The normalized spacial score (nSPS) is 18.1. The minimum atomic E-state index is -0.211. The van der Waals surface area contributed by atoms with Crippen LogP contribution < -0.4 is 5.56 Å². The van der Waals surface area contributed by atoms with Gasteiger partial charge in [-0.25, -0.2) is 9.20 Å². The van der Waals surface area contributed by atoms with Crippen LogP contribution >= 0.6 is 0 Å². The second-order valence-corrected chi connectivity index (χ2v) is 8.74. The van der Waals surface area contributed by atoms with Gasteiger partial charge in [0.25, 0.3) is 5.56 Å². The number of pyridine rings is 1. The predicted molar refractivity (Wildman–Crippen MR) is 130 cm³/mol. The molecule has 34 heavy (non-hydrogen) atoms. The van der Waals surface area contributed by atoms with Crippen LogP contribution in [0.25, 0.3) is 28.0 Å². The van der Waals surface area contributed by atoms with Crippen LogP contribution in [0.3, 0.4) is 0 Å². The molecule has 7 heteroatoms. The largest absolute Gasteiger partial charge is 0.466 e. The van der Waals surface area contributed by atoms with Gasteiger partial charge >= 0.3 is 5.97 Å². The molecule has 1 fully saturated rings. The molecular formula is C27H28N4O3. The maximum absolute atomic E-state index is 13.0. The van der Waals surface area contributed by atoms with Gasteiger partial charge in [-0.05, 0) is 43.9 Å². The van der Waals surface area contributed by atoms with E-state index in [1.54, 1.807) is 16.8 Å². The standard InChI is InChI=1S/C27H28N4O3/c1-2-34-25(33)18-20-12-6-7-13-22(20)31-24(32)16-15-21(28-31)26-23-14-8-9-17-30(23)29-27(26)19-10-4-3-5-11-19/h3-5,8-11,14-17,20,22H,2,6-7,12-13,18H2,1H3/t20-,22+/m1/s1. The van der Waals surface area contributed by atoms with E-state index in [-0.39, 0.29) is 23.5 Å². The summed E-state index contributed by atoms with van der Waals surface area (Å²) in [5.74, 6) is -0.177. The first kappa shape index (κ1) is 22.1. The first-order valence-electron chi connectivity index (χ1n) is 11.9. The smallest absolute Gasteiger partial charge is 0.306 e. The average molecular weight is 457 g/mol. The summed E-state index contributed by atoms with van der Waals surface area (Å²) in [6.45, 7) is 2.17. The quantitative estimate of drug-likeness (QED) is 0.385. The molecule has 0 saturated heterocycles. The third kappa shape index (κ3) is 4.25. The van der Waals surface area contributed by atoms with Gasteiger partial charge in [0.15, 0.2) is 0 Å². The molecule has 4 aromatic rings. The molecule has 1 saturated carbocycles. The summed E-state index contributed by atoms with van der Waals surface area (Å²) in [6, 6.07) is 19.1. The molecule has 0 unspecified atom stereocenters. The highest BCUT2D eigenvalue weighted by atomic mass is 16.5. The highest BCUT2D eigenvalue weighted by Gasteiger charge is 2.31. The fourth-order valence-corrected chi connectivity index (χ4v) is 5.03. The summed E-state index contributed by atoms with van der Waals surface area (Å²) in [6.07, 6.45) is 5.98. The van der Waals surface area contributed by atoms with Crippen molar-refractivity contribution in [3.05, 3.63) is 77.2 Å². The molecule has 7 nitrogen and oxygen atoms in total. The highest BCUT2D eigenvalue weighted by molar-refractivity contribution is 5.90. The fraction of sp³-hybridized carbons (Fsp3) is 0.333. The number of ether oxygens (including phenoxy) is 1. The number of rotatable bonds is 6. The molecule has 0 spiro atoms. The number of fused-ring (bicyclic) bond motifs is 1. The van der Waals surface area contributed by atoms with Gasteiger partial charge in [0.1, 0.15) is 5.69 Å². The molecule has 174 valence electrons. The number of carbonyl (C=O) groups excluding carboxylic acids is 1. The van der Waals surface area contributed by atoms with Crippen molar-refractivity contribution in [2.75, 3.05) is 6.61 Å². The first-order chi connectivity index (χ1) is 16.7. The van der Waals surface area contributed by atoms with E-state index in [9.17, 15) is 9.59 Å². The van der Waals surface area contributed by atoms with Crippen LogP contribution in [0.1, 0.15) is 45.1 Å². The van der Waals surface area contributed by atoms with Crippen molar-refractivity contribution in [2.45, 2.75) is 45.1 Å². The lowest BCUT2D eigenvalue weighted by atomic mass is 9.82. The van der Waals surface area contributed by atoms with E-state index in [0.29, 0.717) is 18.7 Å². The van der Waals surface area contributed by atoms with E-state index >= 15 is 0 Å². The number of carbonyl (C=O) groups is 1. The summed E-state index contributed by atoms with van der Waals surface area (Å²) in [7, 11) is 0. The van der Waals surface area contributed by atoms with Crippen LogP contribution in [0.4, 0.5) is 0 Å². The molecule has 1 aromatic carbocycles. The summed E-state index contributed by atoms with van der Waals surface area (Å²) in [5, 5.41) is 9.70. The molecule has 0 radical (unpaired) electrons. The lowest BCUT2D eigenvalue weighted by molar-refractivity contribution is -0.145. The monoisotopic (exact) mass is 456 g/mol. The Morgan fingerprint density at radius 3 is 2.62 bits per heavy atom. The Labute approximate surface area is 198 Å². The van der Waals surface area contributed by atoms with Crippen molar-refractivity contribution in [1.82, 2.24) is 19.4 Å². The molecule has 1 aliphatic carbocycles. The number of hydrogen-bond donors (Lipinski definition) is 0. The van der Waals surface area contributed by atoms with E-state index in [1.807, 2.05) is 66.2 Å². The summed E-state index contributed by atoms with van der Waals surface area (Å²) in [4.78, 5) is 25.2. The van der Waals surface area contributed by atoms with E-state index in [2.05, 4.69) is 0 Å². The zero-order valence-electron chi connectivity index (χ0n) is 19.3. The van der Waals surface area contributed by atoms with Gasteiger partial charge in [0.2, 0.25) is 0 Å². The third-order valence-electron chi connectivity index (χ3n) is 6.59. The van der Waals surface area contributed by atoms with E-state index in [4.69, 9.17) is 14.9 Å². The zero-order chi connectivity index (χ0) is 23.5. The second kappa shape index (κ2) is 9.63. The third-order valence-corrected chi connectivity index (χ3v) is 6.59. The fourth-order valence-electron chi connectivity index (χ4n) is 5.03. The topological polar surface area (TPSA) is 78.5 Å². The molecule has 0 amide bonds. The maximum Gasteiger partial charge on any atom is 0.306 e. The molecule has 3 heterocycles. The molecule has 0 bridgehead atoms. The second-order valence-electron chi connectivity index (χ2n) is 8.74. The Morgan fingerprint density at radius 2 is 1.79 bits per heavy atom. The summed E-state index contributed by atoms with van der Waals surface area (Å²) < 4.78 is 8.64. The number of benzene rings is 1. The van der Waals surface area contributed by atoms with Crippen molar-refractivity contribution in [3.63, 3.8) is 0 Å². The van der Waals surface area contributed by atoms with E-state index in [0.717, 1.165) is 48.0 Å². The van der Waals surface area contributed by atoms with Crippen molar-refractivity contribution in [1.29, 1.82) is 0 Å². The summed E-state index contributed by atoms with van der Waals surface area (Å²) >= 11 is 0. The van der Waals surface area contributed by atoms with E-state index in [1.165, 1.54) is 0 Å². The minimum Gasteiger partial charge on any atom is -0.466 e. The Morgan fingerprint density at radius 1 is 1.00 bits per heavy atom. The van der Waals surface area contributed by atoms with Crippen molar-refractivity contribution in [3.8, 4) is 22.5 Å². The van der Waals surface area contributed by atoms with Gasteiger partial charge in [-0.2, -0.15) is 10.2 Å². The van der Waals surface area contributed by atoms with Crippen LogP contribution in [0.5, 0.6) is 0 Å². The number of nitrogens with zero attached hydrogens (tertiary/aromatic N) is 4. The molecule has 1 aliphatic rings. The van der Waals surface area contributed by atoms with Gasteiger partial charge in [0, 0.05) is 17.8 Å². The number of aromatic nitrogens is 4. The molecule has 0 N–H and O–H groups in total. The predicted octanol–water partition coefficient (Wildman–Crippen LogP) is 4.91. The van der Waals surface area contributed by atoms with Gasteiger partial charge in [-0.3, -0.25) is 9.59 Å². The van der Waals surface area contributed by atoms with Crippen LogP contribution in [-0.4, -0.2) is 32.0 Å². The van der Waals surface area contributed by atoms with Crippen molar-refractivity contribution >= 4 is 11.5 Å². The first-order valence-corrected chi connectivity index (χ1v) is 11.9.